The van der Waals surface area contributed by atoms with Crippen molar-refractivity contribution in [3.8, 4) is 5.75 Å². The van der Waals surface area contributed by atoms with Crippen LogP contribution in [0.5, 0.6) is 5.75 Å². The summed E-state index contributed by atoms with van der Waals surface area (Å²) in [6.07, 6.45) is 1.35. The lowest BCUT2D eigenvalue weighted by molar-refractivity contribution is -0.385. The summed E-state index contributed by atoms with van der Waals surface area (Å²) in [7, 11) is -4.07. The zero-order chi connectivity index (χ0) is 22.9. The molecule has 0 atom stereocenters. The number of hydrogen-bond acceptors (Lipinski definition) is 6. The Labute approximate surface area is 176 Å². The molecule has 2 aromatic carbocycles. The fourth-order valence-electron chi connectivity index (χ4n) is 2.86. The predicted molar refractivity (Wildman–Crippen MR) is 117 cm³/mol. The highest BCUT2D eigenvalue weighted by Gasteiger charge is 2.26. The van der Waals surface area contributed by atoms with E-state index in [-0.39, 0.29) is 27.2 Å². The predicted octanol–water partition coefficient (Wildman–Crippen LogP) is 4.21. The first kappa shape index (κ1) is 23.3. The summed E-state index contributed by atoms with van der Waals surface area (Å²) >= 11 is 0. The molecule has 0 aliphatic heterocycles. The highest BCUT2D eigenvalue weighted by Crippen LogP contribution is 2.39. The molecule has 0 fully saturated rings. The Kier molecular flexibility index (Phi) is 6.27. The Morgan fingerprint density at radius 2 is 1.57 bits per heavy atom. The zero-order valence-electron chi connectivity index (χ0n) is 17.9. The number of nitrogens with one attached hydrogen (secondary N) is 1. The van der Waals surface area contributed by atoms with Crippen molar-refractivity contribution in [2.45, 2.75) is 57.3 Å². The van der Waals surface area contributed by atoms with Crippen LogP contribution in [0.15, 0.2) is 46.4 Å². The van der Waals surface area contributed by atoms with Gasteiger partial charge in [0.25, 0.3) is 15.7 Å². The van der Waals surface area contributed by atoms with E-state index in [1.807, 2.05) is 41.5 Å². The normalized spacial score (nSPS) is 12.9. The summed E-state index contributed by atoms with van der Waals surface area (Å²) < 4.78 is 24.8. The van der Waals surface area contributed by atoms with Gasteiger partial charge in [-0.05, 0) is 34.6 Å². The minimum atomic E-state index is -4.07. The van der Waals surface area contributed by atoms with Crippen molar-refractivity contribution in [3.05, 3.63) is 63.2 Å². The summed E-state index contributed by atoms with van der Waals surface area (Å²) in [5, 5.41) is 25.4. The van der Waals surface area contributed by atoms with Gasteiger partial charge in [0, 0.05) is 23.3 Å². The molecule has 0 bridgehead atoms. The molecule has 9 heteroatoms. The van der Waals surface area contributed by atoms with Crippen molar-refractivity contribution < 1.29 is 18.4 Å². The molecule has 0 heterocycles. The molecule has 0 unspecified atom stereocenters. The van der Waals surface area contributed by atoms with Crippen LogP contribution in [0.4, 0.5) is 5.69 Å². The molecular formula is C21H27N3O5S. The van der Waals surface area contributed by atoms with E-state index in [4.69, 9.17) is 0 Å². The van der Waals surface area contributed by atoms with Crippen LogP contribution in [0.25, 0.3) is 0 Å². The van der Waals surface area contributed by atoms with Gasteiger partial charge >= 0.3 is 0 Å². The highest BCUT2D eigenvalue weighted by atomic mass is 32.2. The summed E-state index contributed by atoms with van der Waals surface area (Å²) in [6, 6.07) is 8.24. The number of phenols is 1. The average molecular weight is 434 g/mol. The molecule has 2 N–H and O–H groups in total. The topological polar surface area (TPSA) is 122 Å². The van der Waals surface area contributed by atoms with Gasteiger partial charge in [-0.15, -0.1) is 0 Å². The Balaban J connectivity index is 2.40. The van der Waals surface area contributed by atoms with Crippen molar-refractivity contribution in [1.82, 2.24) is 4.83 Å². The monoisotopic (exact) mass is 433 g/mol. The van der Waals surface area contributed by atoms with Gasteiger partial charge in [0.1, 0.15) is 5.75 Å². The summed E-state index contributed by atoms with van der Waals surface area (Å²) in [5.74, 6) is 0.212. The van der Waals surface area contributed by atoms with Crippen LogP contribution in [-0.2, 0) is 20.9 Å². The molecule has 0 amide bonds. The van der Waals surface area contributed by atoms with Gasteiger partial charge < -0.3 is 5.11 Å². The zero-order valence-corrected chi connectivity index (χ0v) is 18.7. The second kappa shape index (κ2) is 8.06. The van der Waals surface area contributed by atoms with E-state index in [0.29, 0.717) is 5.56 Å². The number of phenolic OH excluding ortho intramolecular Hbond substituents is 1. The van der Waals surface area contributed by atoms with Crippen molar-refractivity contribution in [3.63, 3.8) is 0 Å². The summed E-state index contributed by atoms with van der Waals surface area (Å²) in [5.41, 5.74) is 1.05. The van der Waals surface area contributed by atoms with Crippen LogP contribution in [0.2, 0.25) is 0 Å². The minimum absolute atomic E-state index is 0.212. The first-order valence-corrected chi connectivity index (χ1v) is 10.8. The maximum atomic E-state index is 12.4. The molecule has 2 aromatic rings. The molecule has 0 aliphatic rings. The van der Waals surface area contributed by atoms with Crippen LogP contribution in [-0.4, -0.2) is 24.7 Å². The van der Waals surface area contributed by atoms with E-state index in [2.05, 4.69) is 9.93 Å². The van der Waals surface area contributed by atoms with E-state index < -0.39 is 14.9 Å². The number of non-ortho nitro benzene ring substituents is 1. The largest absolute Gasteiger partial charge is 0.507 e. The van der Waals surface area contributed by atoms with Crippen LogP contribution in [0.1, 0.15) is 58.2 Å². The summed E-state index contributed by atoms with van der Waals surface area (Å²) in [4.78, 5) is 12.0. The number of hydrazone groups is 1. The lowest BCUT2D eigenvalue weighted by Crippen LogP contribution is -2.19. The molecular weight excluding hydrogens is 406 g/mol. The van der Waals surface area contributed by atoms with Gasteiger partial charge in [-0.3, -0.25) is 10.1 Å². The number of sulfonamides is 1. The SMILES string of the molecule is CC(C)(C)c1cc(/C=N/NS(=O)(=O)c2cccc([N+](=O)[O-])c2)cc(C(C)(C)C)c1O. The summed E-state index contributed by atoms with van der Waals surface area (Å²) in [6.45, 7) is 11.8. The molecule has 30 heavy (non-hydrogen) atoms. The third-order valence-electron chi connectivity index (χ3n) is 4.47. The number of nitro groups is 1. The van der Waals surface area contributed by atoms with Crippen molar-refractivity contribution in [2.75, 3.05) is 0 Å². The highest BCUT2D eigenvalue weighted by molar-refractivity contribution is 7.89. The number of benzene rings is 2. The van der Waals surface area contributed by atoms with Gasteiger partial charge in [0.15, 0.2) is 0 Å². The molecule has 0 aromatic heterocycles. The molecule has 8 nitrogen and oxygen atoms in total. The van der Waals surface area contributed by atoms with Crippen molar-refractivity contribution in [1.29, 1.82) is 0 Å². The van der Waals surface area contributed by atoms with Crippen LogP contribution in [0, 0.1) is 10.1 Å². The molecule has 0 saturated carbocycles. The van der Waals surface area contributed by atoms with E-state index in [0.717, 1.165) is 17.2 Å². The Hall–Kier alpha value is -2.94. The van der Waals surface area contributed by atoms with E-state index in [1.165, 1.54) is 24.4 Å². The maximum absolute atomic E-state index is 12.4. The standard InChI is InChI=1S/C21H27N3O5S/c1-20(2,3)17-10-14(11-18(19(17)25)21(4,5)6)13-22-23-30(28,29)16-9-7-8-15(12-16)24(26)27/h7-13,23,25H,1-6H3/b22-13+. The number of hydrogen-bond donors (Lipinski definition) is 2. The number of nitro benzene ring substituents is 1. The van der Waals surface area contributed by atoms with Crippen LogP contribution >= 0.6 is 0 Å². The van der Waals surface area contributed by atoms with Crippen LogP contribution in [0.3, 0.4) is 0 Å². The van der Waals surface area contributed by atoms with E-state index in [1.54, 1.807) is 12.1 Å². The first-order chi connectivity index (χ1) is 13.6. The van der Waals surface area contributed by atoms with Gasteiger partial charge in [0.2, 0.25) is 0 Å². The Bertz CT molecular complexity index is 1060. The van der Waals surface area contributed by atoms with Gasteiger partial charge in [-0.25, -0.2) is 4.83 Å². The third-order valence-corrected chi connectivity index (χ3v) is 5.69. The number of nitrogens with zero attached hydrogens (tertiary/aromatic N) is 2. The maximum Gasteiger partial charge on any atom is 0.276 e. The molecule has 0 saturated heterocycles. The quantitative estimate of drug-likeness (QED) is 0.415. The van der Waals surface area contributed by atoms with E-state index in [9.17, 15) is 23.6 Å². The molecule has 0 radical (unpaired) electrons. The van der Waals surface area contributed by atoms with Crippen molar-refractivity contribution >= 4 is 21.9 Å². The smallest absolute Gasteiger partial charge is 0.276 e. The Morgan fingerprint density at radius 3 is 2.03 bits per heavy atom. The first-order valence-electron chi connectivity index (χ1n) is 9.30. The fourth-order valence-corrected chi connectivity index (χ4v) is 3.69. The second-order valence-electron chi connectivity index (χ2n) is 9.07. The molecule has 2 rings (SSSR count). The fraction of sp³-hybridized carbons (Fsp3) is 0.381. The lowest BCUT2D eigenvalue weighted by Gasteiger charge is -2.27. The molecule has 0 aliphatic carbocycles. The van der Waals surface area contributed by atoms with Gasteiger partial charge in [-0.2, -0.15) is 13.5 Å². The average Bonchev–Trinajstić information content (AvgIpc) is 2.61. The van der Waals surface area contributed by atoms with E-state index >= 15 is 0 Å². The second-order valence-corrected chi connectivity index (χ2v) is 10.7. The van der Waals surface area contributed by atoms with Crippen molar-refractivity contribution in [2.24, 2.45) is 5.10 Å². The Morgan fingerprint density at radius 1 is 1.03 bits per heavy atom. The van der Waals surface area contributed by atoms with Crippen LogP contribution < -0.4 is 4.83 Å². The number of aromatic hydroxyl groups is 1. The molecule has 162 valence electrons. The third kappa shape index (κ3) is 5.35. The van der Waals surface area contributed by atoms with Gasteiger partial charge in [0.05, 0.1) is 16.0 Å². The molecule has 0 spiro atoms. The number of rotatable bonds is 5. The lowest BCUT2D eigenvalue weighted by atomic mass is 9.78. The van der Waals surface area contributed by atoms with Gasteiger partial charge in [-0.1, -0.05) is 47.6 Å². The minimum Gasteiger partial charge on any atom is -0.507 e.